The molecule has 1 fully saturated rings. The normalized spacial score (nSPS) is 16.6. The van der Waals surface area contributed by atoms with Crippen LogP contribution < -0.4 is 9.64 Å². The number of aliphatic hydroxyl groups excluding tert-OH is 1. The van der Waals surface area contributed by atoms with Gasteiger partial charge in [-0.25, -0.2) is 4.79 Å². The minimum Gasteiger partial charge on any atom is -0.507 e. The third kappa shape index (κ3) is 5.59. The standard InChI is InChI=1S/C30H30N2O6/c1-4-17-37-30(36)21-8-12-22(13-9-21)32-26(24-7-5-6-16-31-24)25(28(34)29(32)35)27(33)20-10-14-23(15-11-20)38-18-19(2)3/h5-16,19,26,33H,4,17-18H2,1-3H3/b27-25+. The zero-order valence-electron chi connectivity index (χ0n) is 21.6. The van der Waals surface area contributed by atoms with Crippen molar-refractivity contribution in [1.82, 2.24) is 4.98 Å². The molecule has 1 amide bonds. The summed E-state index contributed by atoms with van der Waals surface area (Å²) in [6, 6.07) is 17.1. The smallest absolute Gasteiger partial charge is 0.338 e. The lowest BCUT2D eigenvalue weighted by atomic mass is 9.98. The molecule has 1 atom stereocenters. The number of aliphatic hydroxyl groups is 1. The van der Waals surface area contributed by atoms with E-state index in [2.05, 4.69) is 4.98 Å². The van der Waals surface area contributed by atoms with Crippen LogP contribution in [0.4, 0.5) is 5.69 Å². The van der Waals surface area contributed by atoms with Crippen LogP contribution in [0.2, 0.25) is 0 Å². The highest BCUT2D eigenvalue weighted by atomic mass is 16.5. The minimum atomic E-state index is -0.967. The number of carbonyl (C=O) groups is 3. The Bertz CT molecular complexity index is 1330. The summed E-state index contributed by atoms with van der Waals surface area (Å²) >= 11 is 0. The van der Waals surface area contributed by atoms with Gasteiger partial charge in [-0.15, -0.1) is 0 Å². The van der Waals surface area contributed by atoms with E-state index in [0.717, 1.165) is 0 Å². The van der Waals surface area contributed by atoms with Crippen LogP contribution in [0.15, 0.2) is 78.5 Å². The second kappa shape index (κ2) is 11.7. The maximum atomic E-state index is 13.3. The second-order valence-electron chi connectivity index (χ2n) is 9.34. The van der Waals surface area contributed by atoms with Gasteiger partial charge < -0.3 is 14.6 Å². The van der Waals surface area contributed by atoms with E-state index in [1.165, 1.54) is 17.0 Å². The van der Waals surface area contributed by atoms with Gasteiger partial charge in [0.05, 0.1) is 30.0 Å². The predicted molar refractivity (Wildman–Crippen MR) is 143 cm³/mol. The molecule has 1 aliphatic heterocycles. The number of amides is 1. The summed E-state index contributed by atoms with van der Waals surface area (Å²) in [7, 11) is 0. The lowest BCUT2D eigenvalue weighted by Crippen LogP contribution is -2.29. The molecule has 38 heavy (non-hydrogen) atoms. The molecule has 8 heteroatoms. The number of hydrogen-bond acceptors (Lipinski definition) is 7. The molecule has 0 bridgehead atoms. The van der Waals surface area contributed by atoms with Gasteiger partial charge in [-0.3, -0.25) is 19.5 Å². The highest BCUT2D eigenvalue weighted by Gasteiger charge is 2.47. The first-order valence-corrected chi connectivity index (χ1v) is 12.5. The van der Waals surface area contributed by atoms with E-state index in [9.17, 15) is 19.5 Å². The summed E-state index contributed by atoms with van der Waals surface area (Å²) in [6.45, 7) is 6.84. The van der Waals surface area contributed by atoms with Gasteiger partial charge in [0.15, 0.2) is 0 Å². The molecule has 8 nitrogen and oxygen atoms in total. The first-order chi connectivity index (χ1) is 18.3. The Morgan fingerprint density at radius 1 is 1.00 bits per heavy atom. The first kappa shape index (κ1) is 26.6. The Kier molecular flexibility index (Phi) is 8.21. The van der Waals surface area contributed by atoms with E-state index >= 15 is 0 Å². The molecule has 1 N–H and O–H groups in total. The van der Waals surface area contributed by atoms with Gasteiger partial charge in [-0.05, 0) is 73.0 Å². The largest absolute Gasteiger partial charge is 0.507 e. The van der Waals surface area contributed by atoms with E-state index in [1.807, 2.05) is 20.8 Å². The van der Waals surface area contributed by atoms with E-state index in [-0.39, 0.29) is 11.3 Å². The number of carbonyl (C=O) groups excluding carboxylic acids is 3. The third-order valence-electron chi connectivity index (χ3n) is 5.94. The van der Waals surface area contributed by atoms with Crippen molar-refractivity contribution < 1.29 is 29.0 Å². The van der Waals surface area contributed by atoms with Crippen LogP contribution in [0.1, 0.15) is 54.8 Å². The SMILES string of the molecule is CCCOC(=O)c1ccc(N2C(=O)C(=O)/C(=C(/O)c3ccc(OCC(C)C)cc3)C2c2ccccn2)cc1. The van der Waals surface area contributed by atoms with Gasteiger partial charge in [-0.2, -0.15) is 0 Å². The monoisotopic (exact) mass is 514 g/mol. The van der Waals surface area contributed by atoms with Gasteiger partial charge in [0.1, 0.15) is 17.6 Å². The number of pyridine rings is 1. The lowest BCUT2D eigenvalue weighted by Gasteiger charge is -2.24. The van der Waals surface area contributed by atoms with Crippen molar-refractivity contribution in [3.8, 4) is 5.75 Å². The van der Waals surface area contributed by atoms with Crippen molar-refractivity contribution in [3.05, 3.63) is 95.3 Å². The molecular formula is C30H30N2O6. The number of anilines is 1. The fraction of sp³-hybridized carbons (Fsp3) is 0.267. The fourth-order valence-electron chi connectivity index (χ4n) is 4.08. The number of nitrogens with zero attached hydrogens (tertiary/aromatic N) is 2. The molecule has 1 saturated heterocycles. The molecule has 1 unspecified atom stereocenters. The molecule has 0 saturated carbocycles. The molecular weight excluding hydrogens is 484 g/mol. The highest BCUT2D eigenvalue weighted by Crippen LogP contribution is 2.41. The Hall–Kier alpha value is -4.46. The summed E-state index contributed by atoms with van der Waals surface area (Å²) < 4.78 is 10.9. The predicted octanol–water partition coefficient (Wildman–Crippen LogP) is 5.31. The molecule has 0 aliphatic carbocycles. The van der Waals surface area contributed by atoms with E-state index < -0.39 is 23.7 Å². The maximum Gasteiger partial charge on any atom is 0.338 e. The van der Waals surface area contributed by atoms with Gasteiger partial charge >= 0.3 is 5.97 Å². The van der Waals surface area contributed by atoms with Crippen LogP contribution in [-0.2, 0) is 14.3 Å². The van der Waals surface area contributed by atoms with E-state index in [1.54, 1.807) is 60.8 Å². The number of aromatic nitrogens is 1. The van der Waals surface area contributed by atoms with Crippen LogP contribution in [0.5, 0.6) is 5.75 Å². The number of ketones is 1. The summed E-state index contributed by atoms with van der Waals surface area (Å²) in [5, 5.41) is 11.3. The molecule has 3 aromatic rings. The topological polar surface area (TPSA) is 106 Å². The van der Waals surface area contributed by atoms with Gasteiger partial charge in [0.2, 0.25) is 0 Å². The maximum absolute atomic E-state index is 13.3. The molecule has 4 rings (SSSR count). The van der Waals surface area contributed by atoms with Crippen LogP contribution in [0.3, 0.4) is 0 Å². The highest BCUT2D eigenvalue weighted by molar-refractivity contribution is 6.51. The average Bonchev–Trinajstić information content (AvgIpc) is 3.21. The van der Waals surface area contributed by atoms with E-state index in [4.69, 9.17) is 9.47 Å². The van der Waals surface area contributed by atoms with Crippen molar-refractivity contribution >= 4 is 29.1 Å². The van der Waals surface area contributed by atoms with E-state index in [0.29, 0.717) is 53.8 Å². The zero-order valence-corrected chi connectivity index (χ0v) is 21.6. The second-order valence-corrected chi connectivity index (χ2v) is 9.34. The number of esters is 1. The number of rotatable bonds is 9. The Morgan fingerprint density at radius 3 is 2.29 bits per heavy atom. The van der Waals surface area contributed by atoms with Crippen molar-refractivity contribution in [3.63, 3.8) is 0 Å². The van der Waals surface area contributed by atoms with Crippen molar-refractivity contribution in [2.24, 2.45) is 5.92 Å². The summed E-state index contributed by atoms with van der Waals surface area (Å²) in [5.41, 5.74) is 1.42. The van der Waals surface area contributed by atoms with Gasteiger partial charge in [0.25, 0.3) is 11.7 Å². The Morgan fingerprint density at radius 2 is 1.68 bits per heavy atom. The zero-order chi connectivity index (χ0) is 27.2. The van der Waals surface area contributed by atoms with Gasteiger partial charge in [0, 0.05) is 17.4 Å². The summed E-state index contributed by atoms with van der Waals surface area (Å²) in [6.07, 6.45) is 2.26. The van der Waals surface area contributed by atoms with Crippen LogP contribution in [0, 0.1) is 5.92 Å². The van der Waals surface area contributed by atoms with Crippen molar-refractivity contribution in [2.45, 2.75) is 33.2 Å². The number of ether oxygens (including phenoxy) is 2. The van der Waals surface area contributed by atoms with Crippen LogP contribution in [0.25, 0.3) is 5.76 Å². The molecule has 0 radical (unpaired) electrons. The number of benzene rings is 2. The van der Waals surface area contributed by atoms with Crippen molar-refractivity contribution in [1.29, 1.82) is 0 Å². The molecule has 2 aromatic carbocycles. The molecule has 0 spiro atoms. The fourth-order valence-corrected chi connectivity index (χ4v) is 4.08. The van der Waals surface area contributed by atoms with Gasteiger partial charge in [-0.1, -0.05) is 26.8 Å². The molecule has 1 aliphatic rings. The number of Topliss-reactive ketones (excluding diaryl/α,β-unsaturated/α-hetero) is 1. The molecule has 2 heterocycles. The number of hydrogen-bond donors (Lipinski definition) is 1. The Balaban J connectivity index is 1.73. The van der Waals surface area contributed by atoms with Crippen LogP contribution >= 0.6 is 0 Å². The lowest BCUT2D eigenvalue weighted by molar-refractivity contribution is -0.132. The minimum absolute atomic E-state index is 0.0732. The quantitative estimate of drug-likeness (QED) is 0.179. The molecule has 1 aromatic heterocycles. The summed E-state index contributed by atoms with van der Waals surface area (Å²) in [4.78, 5) is 44.5. The van der Waals surface area contributed by atoms with Crippen molar-refractivity contribution in [2.75, 3.05) is 18.1 Å². The third-order valence-corrected chi connectivity index (χ3v) is 5.94. The average molecular weight is 515 g/mol. The first-order valence-electron chi connectivity index (χ1n) is 12.5. The Labute approximate surface area is 221 Å². The van der Waals surface area contributed by atoms with Crippen LogP contribution in [-0.4, -0.2) is 41.0 Å². The molecule has 196 valence electrons. The summed E-state index contributed by atoms with van der Waals surface area (Å²) in [5.74, 6) is -1.42.